The number of ether oxygens (including phenoxy) is 1. The van der Waals surface area contributed by atoms with Gasteiger partial charge in [-0.3, -0.25) is 10.1 Å². The number of hydrogen-bond acceptors (Lipinski definition) is 3. The highest BCUT2D eigenvalue weighted by Gasteiger charge is 2.42. The number of methoxy groups -OCH3 is 1. The molecular weight excluding hydrogens is 192 g/mol. The highest BCUT2D eigenvalue weighted by atomic mass is 35.5. The van der Waals surface area contributed by atoms with Gasteiger partial charge in [0.2, 0.25) is 0 Å². The van der Waals surface area contributed by atoms with Gasteiger partial charge < -0.3 is 4.74 Å². The summed E-state index contributed by atoms with van der Waals surface area (Å²) in [6.07, 6.45) is -0.459. The predicted molar refractivity (Wildman–Crippen MR) is 40.6 cm³/mol. The first-order chi connectivity index (χ1) is 5.05. The van der Waals surface area contributed by atoms with Gasteiger partial charge >= 0.3 is 5.97 Å². The van der Waals surface area contributed by atoms with Crippen LogP contribution in [0.15, 0.2) is 0 Å². The Bertz CT molecular complexity index is 177. The molecule has 1 rings (SSSR count). The predicted octanol–water partition coefficient (Wildman–Crippen LogP) is 0.578. The number of rotatable bonds is 1. The van der Waals surface area contributed by atoms with Gasteiger partial charge in [-0.05, 0) is 0 Å². The third-order valence-corrected chi connectivity index (χ3v) is 1.60. The second-order valence-corrected chi connectivity index (χ2v) is 2.52. The smallest absolute Gasteiger partial charge is 0.323 e. The first-order valence-corrected chi connectivity index (χ1v) is 3.24. The minimum atomic E-state index is -2.77. The van der Waals surface area contributed by atoms with Crippen LogP contribution in [0.5, 0.6) is 0 Å². The van der Waals surface area contributed by atoms with Crippen LogP contribution in [0.2, 0.25) is 0 Å². The van der Waals surface area contributed by atoms with E-state index in [0.717, 1.165) is 0 Å². The average molecular weight is 202 g/mol. The van der Waals surface area contributed by atoms with Crippen molar-refractivity contribution in [2.24, 2.45) is 0 Å². The van der Waals surface area contributed by atoms with Crippen LogP contribution in [0.1, 0.15) is 6.42 Å². The molecule has 1 aliphatic heterocycles. The van der Waals surface area contributed by atoms with Gasteiger partial charge in [-0.2, -0.15) is 0 Å². The molecule has 1 fully saturated rings. The van der Waals surface area contributed by atoms with Crippen LogP contribution in [0, 0.1) is 0 Å². The lowest BCUT2D eigenvalue weighted by Gasteiger charge is -2.06. The minimum Gasteiger partial charge on any atom is -0.468 e. The number of carbonyl (C=O) groups is 1. The topological polar surface area (TPSA) is 38.3 Å². The molecule has 3 nitrogen and oxygen atoms in total. The zero-order chi connectivity index (χ0) is 8.48. The number of nitrogens with one attached hydrogen (secondary N) is 1. The van der Waals surface area contributed by atoms with Crippen LogP contribution < -0.4 is 5.32 Å². The maximum absolute atomic E-state index is 12.4. The number of hydrogen-bond donors (Lipinski definition) is 1. The fourth-order valence-electron chi connectivity index (χ4n) is 1.02. The fourth-order valence-corrected chi connectivity index (χ4v) is 1.02. The first-order valence-electron chi connectivity index (χ1n) is 3.24. The molecule has 1 aliphatic rings. The molecule has 0 aromatic rings. The molecule has 0 aromatic heterocycles. The van der Waals surface area contributed by atoms with Gasteiger partial charge in [-0.15, -0.1) is 12.4 Å². The third kappa shape index (κ3) is 2.57. The van der Waals surface area contributed by atoms with E-state index in [4.69, 9.17) is 0 Å². The van der Waals surface area contributed by atoms with E-state index < -0.39 is 30.9 Å². The summed E-state index contributed by atoms with van der Waals surface area (Å²) in [4.78, 5) is 10.7. The molecule has 72 valence electrons. The molecule has 6 heteroatoms. The zero-order valence-corrected chi connectivity index (χ0v) is 7.29. The first kappa shape index (κ1) is 11.6. The van der Waals surface area contributed by atoms with Crippen LogP contribution in [0.3, 0.4) is 0 Å². The van der Waals surface area contributed by atoms with E-state index in [0.29, 0.717) is 0 Å². The highest BCUT2D eigenvalue weighted by molar-refractivity contribution is 5.85. The fraction of sp³-hybridized carbons (Fsp3) is 0.833. The Labute approximate surface area is 74.9 Å². The zero-order valence-electron chi connectivity index (χ0n) is 6.47. The summed E-state index contributed by atoms with van der Waals surface area (Å²) >= 11 is 0. The summed E-state index contributed by atoms with van der Waals surface area (Å²) in [7, 11) is 1.18. The molecular formula is C6H10ClF2NO2. The van der Waals surface area contributed by atoms with Crippen molar-refractivity contribution in [1.82, 2.24) is 5.32 Å². The second-order valence-electron chi connectivity index (χ2n) is 2.52. The van der Waals surface area contributed by atoms with Gasteiger partial charge in [0.15, 0.2) is 0 Å². The number of alkyl halides is 2. The summed E-state index contributed by atoms with van der Waals surface area (Å²) in [5.74, 6) is -3.39. The van der Waals surface area contributed by atoms with Crippen molar-refractivity contribution in [3.8, 4) is 0 Å². The van der Waals surface area contributed by atoms with E-state index in [9.17, 15) is 13.6 Å². The lowest BCUT2D eigenvalue weighted by Crippen LogP contribution is -2.31. The summed E-state index contributed by atoms with van der Waals surface area (Å²) in [5, 5.41) is 2.37. The van der Waals surface area contributed by atoms with Gasteiger partial charge in [-0.25, -0.2) is 8.78 Å². The van der Waals surface area contributed by atoms with Gasteiger partial charge in [0.1, 0.15) is 6.04 Å². The Morgan fingerprint density at radius 3 is 2.58 bits per heavy atom. The molecule has 0 aliphatic carbocycles. The van der Waals surface area contributed by atoms with Gasteiger partial charge in [0, 0.05) is 6.42 Å². The van der Waals surface area contributed by atoms with E-state index >= 15 is 0 Å². The molecule has 1 heterocycles. The Morgan fingerprint density at radius 2 is 2.25 bits per heavy atom. The Kier molecular flexibility index (Phi) is 3.86. The SMILES string of the molecule is COC(=O)C1CC(F)(F)CN1.Cl. The van der Waals surface area contributed by atoms with Gasteiger partial charge in [0.25, 0.3) is 5.92 Å². The largest absolute Gasteiger partial charge is 0.468 e. The van der Waals surface area contributed by atoms with Crippen molar-refractivity contribution in [1.29, 1.82) is 0 Å². The summed E-state index contributed by atoms with van der Waals surface area (Å²) in [5.41, 5.74) is 0. The molecule has 1 atom stereocenters. The van der Waals surface area contributed by atoms with E-state index in [1.165, 1.54) is 7.11 Å². The molecule has 0 amide bonds. The van der Waals surface area contributed by atoms with Crippen LogP contribution in [0.4, 0.5) is 8.78 Å². The molecule has 0 spiro atoms. The van der Waals surface area contributed by atoms with Crippen molar-refractivity contribution >= 4 is 18.4 Å². The molecule has 0 radical (unpaired) electrons. The highest BCUT2D eigenvalue weighted by Crippen LogP contribution is 2.25. The minimum absolute atomic E-state index is 0. The molecule has 0 aromatic carbocycles. The van der Waals surface area contributed by atoms with Crippen molar-refractivity contribution in [2.45, 2.75) is 18.4 Å². The Hall–Kier alpha value is -0.420. The van der Waals surface area contributed by atoms with Crippen LogP contribution in [-0.2, 0) is 9.53 Å². The molecule has 1 unspecified atom stereocenters. The maximum atomic E-state index is 12.4. The molecule has 1 saturated heterocycles. The normalized spacial score (nSPS) is 26.1. The quantitative estimate of drug-likeness (QED) is 0.631. The van der Waals surface area contributed by atoms with Crippen LogP contribution in [0.25, 0.3) is 0 Å². The van der Waals surface area contributed by atoms with E-state index in [2.05, 4.69) is 10.1 Å². The van der Waals surface area contributed by atoms with Gasteiger partial charge in [0.05, 0.1) is 13.7 Å². The molecule has 12 heavy (non-hydrogen) atoms. The van der Waals surface area contributed by atoms with E-state index in [1.807, 2.05) is 0 Å². The van der Waals surface area contributed by atoms with Crippen molar-refractivity contribution in [3.05, 3.63) is 0 Å². The van der Waals surface area contributed by atoms with E-state index in [1.54, 1.807) is 0 Å². The van der Waals surface area contributed by atoms with Gasteiger partial charge in [-0.1, -0.05) is 0 Å². The lowest BCUT2D eigenvalue weighted by atomic mass is 10.2. The number of halogens is 3. The Morgan fingerprint density at radius 1 is 1.67 bits per heavy atom. The van der Waals surface area contributed by atoms with Crippen molar-refractivity contribution in [3.63, 3.8) is 0 Å². The molecule has 1 N–H and O–H groups in total. The van der Waals surface area contributed by atoms with Crippen LogP contribution >= 0.6 is 12.4 Å². The standard InChI is InChI=1S/C6H9F2NO2.ClH/c1-11-5(10)4-2-6(7,8)3-9-4;/h4,9H,2-3H2,1H3;1H. The number of esters is 1. The summed E-state index contributed by atoms with van der Waals surface area (Å²) in [6.45, 7) is -0.438. The summed E-state index contributed by atoms with van der Waals surface area (Å²) in [6, 6.07) is -0.838. The lowest BCUT2D eigenvalue weighted by molar-refractivity contribution is -0.143. The summed E-state index contributed by atoms with van der Waals surface area (Å²) < 4.78 is 29.1. The number of carbonyl (C=O) groups excluding carboxylic acids is 1. The van der Waals surface area contributed by atoms with E-state index in [-0.39, 0.29) is 12.4 Å². The Balaban J connectivity index is 0.00000121. The van der Waals surface area contributed by atoms with Crippen LogP contribution in [-0.4, -0.2) is 31.6 Å². The van der Waals surface area contributed by atoms with Crippen molar-refractivity contribution < 1.29 is 18.3 Å². The average Bonchev–Trinajstić information content (AvgIpc) is 2.29. The maximum Gasteiger partial charge on any atom is 0.323 e. The molecule has 0 bridgehead atoms. The third-order valence-electron chi connectivity index (χ3n) is 1.60. The monoisotopic (exact) mass is 201 g/mol. The molecule has 0 saturated carbocycles. The van der Waals surface area contributed by atoms with Crippen molar-refractivity contribution in [2.75, 3.05) is 13.7 Å². The second kappa shape index (κ2) is 4.00.